The van der Waals surface area contributed by atoms with Crippen molar-refractivity contribution in [2.75, 3.05) is 11.9 Å². The molecule has 3 aromatic rings. The van der Waals surface area contributed by atoms with Crippen LogP contribution in [0.1, 0.15) is 24.1 Å². The molecule has 0 aliphatic heterocycles. The highest BCUT2D eigenvalue weighted by molar-refractivity contribution is 5.40. The van der Waals surface area contributed by atoms with Crippen LogP contribution in [-0.2, 0) is 13.1 Å². The standard InChI is InChI=1S/C17H21N5O/c1-14(20-17-10-19-21(13-17)7-8-23)16-9-18-22(12-16)11-15-5-3-2-4-6-15/h2-6,9-10,12-14,20,23H,7-8,11H2,1H3. The van der Waals surface area contributed by atoms with Crippen LogP contribution in [0.25, 0.3) is 0 Å². The smallest absolute Gasteiger partial charge is 0.0731 e. The zero-order chi connectivity index (χ0) is 16.1. The average Bonchev–Trinajstić information content (AvgIpc) is 3.18. The Balaban J connectivity index is 1.62. The van der Waals surface area contributed by atoms with Crippen LogP contribution in [0.2, 0.25) is 0 Å². The molecule has 2 aromatic heterocycles. The first-order valence-electron chi connectivity index (χ1n) is 7.71. The number of nitrogens with zero attached hydrogens (tertiary/aromatic N) is 4. The van der Waals surface area contributed by atoms with Gasteiger partial charge in [0.05, 0.1) is 43.8 Å². The van der Waals surface area contributed by atoms with Gasteiger partial charge < -0.3 is 10.4 Å². The SMILES string of the molecule is CC(Nc1cnn(CCO)c1)c1cnn(Cc2ccccc2)c1. The number of nitrogens with one attached hydrogen (secondary N) is 1. The maximum absolute atomic E-state index is 8.92. The topological polar surface area (TPSA) is 67.9 Å². The molecule has 0 fully saturated rings. The van der Waals surface area contributed by atoms with E-state index in [1.54, 1.807) is 10.9 Å². The van der Waals surface area contributed by atoms with Crippen molar-refractivity contribution < 1.29 is 5.11 Å². The number of anilines is 1. The first kappa shape index (κ1) is 15.3. The number of hydrogen-bond donors (Lipinski definition) is 2. The Labute approximate surface area is 135 Å². The maximum atomic E-state index is 8.92. The second-order valence-electron chi connectivity index (χ2n) is 5.54. The van der Waals surface area contributed by atoms with Gasteiger partial charge in [-0.2, -0.15) is 10.2 Å². The summed E-state index contributed by atoms with van der Waals surface area (Å²) in [6.45, 7) is 3.45. The lowest BCUT2D eigenvalue weighted by molar-refractivity contribution is 0.269. The maximum Gasteiger partial charge on any atom is 0.0731 e. The van der Waals surface area contributed by atoms with Crippen molar-refractivity contribution in [3.63, 3.8) is 0 Å². The molecule has 1 aromatic carbocycles. The number of aliphatic hydroxyl groups excluding tert-OH is 1. The van der Waals surface area contributed by atoms with Crippen LogP contribution in [0.4, 0.5) is 5.69 Å². The quantitative estimate of drug-likeness (QED) is 0.702. The van der Waals surface area contributed by atoms with Gasteiger partial charge in [-0.15, -0.1) is 0 Å². The summed E-state index contributed by atoms with van der Waals surface area (Å²) in [5.74, 6) is 0. The predicted octanol–water partition coefficient (Wildman–Crippen LogP) is 2.29. The van der Waals surface area contributed by atoms with Crippen molar-refractivity contribution in [2.45, 2.75) is 26.1 Å². The van der Waals surface area contributed by atoms with Crippen molar-refractivity contribution in [2.24, 2.45) is 0 Å². The van der Waals surface area contributed by atoms with Gasteiger partial charge in [-0.1, -0.05) is 30.3 Å². The lowest BCUT2D eigenvalue weighted by Crippen LogP contribution is -2.06. The Morgan fingerprint density at radius 1 is 1.09 bits per heavy atom. The Bertz CT molecular complexity index is 734. The molecule has 0 amide bonds. The van der Waals surface area contributed by atoms with Crippen LogP contribution in [0, 0.1) is 0 Å². The van der Waals surface area contributed by atoms with E-state index in [0.29, 0.717) is 6.54 Å². The molecule has 0 aliphatic carbocycles. The van der Waals surface area contributed by atoms with E-state index in [1.165, 1.54) is 5.56 Å². The van der Waals surface area contributed by atoms with Gasteiger partial charge >= 0.3 is 0 Å². The first-order valence-corrected chi connectivity index (χ1v) is 7.71. The van der Waals surface area contributed by atoms with Gasteiger partial charge in [-0.25, -0.2) is 0 Å². The summed E-state index contributed by atoms with van der Waals surface area (Å²) in [5.41, 5.74) is 3.28. The normalized spacial score (nSPS) is 12.3. The van der Waals surface area contributed by atoms with Crippen molar-refractivity contribution in [3.05, 3.63) is 66.2 Å². The van der Waals surface area contributed by atoms with Crippen LogP contribution in [0.3, 0.4) is 0 Å². The molecule has 0 spiro atoms. The molecule has 1 unspecified atom stereocenters. The van der Waals surface area contributed by atoms with Crippen LogP contribution in [0.15, 0.2) is 55.1 Å². The highest BCUT2D eigenvalue weighted by atomic mass is 16.3. The van der Waals surface area contributed by atoms with Gasteiger partial charge in [-0.05, 0) is 12.5 Å². The molecule has 6 nitrogen and oxygen atoms in total. The molecule has 0 saturated carbocycles. The molecular formula is C17H21N5O. The largest absolute Gasteiger partial charge is 0.394 e. The Morgan fingerprint density at radius 3 is 2.65 bits per heavy atom. The molecule has 1 atom stereocenters. The minimum atomic E-state index is 0.0862. The van der Waals surface area contributed by atoms with E-state index in [4.69, 9.17) is 5.11 Å². The van der Waals surface area contributed by atoms with E-state index in [2.05, 4.69) is 40.8 Å². The molecular weight excluding hydrogens is 290 g/mol. The summed E-state index contributed by atoms with van der Waals surface area (Å²) in [6.07, 6.45) is 7.60. The summed E-state index contributed by atoms with van der Waals surface area (Å²) in [6, 6.07) is 10.4. The monoisotopic (exact) mass is 311 g/mol. The highest BCUT2D eigenvalue weighted by Gasteiger charge is 2.09. The van der Waals surface area contributed by atoms with Gasteiger partial charge in [-0.3, -0.25) is 9.36 Å². The van der Waals surface area contributed by atoms with Crippen LogP contribution in [0.5, 0.6) is 0 Å². The van der Waals surface area contributed by atoms with E-state index in [9.17, 15) is 0 Å². The summed E-state index contributed by atoms with van der Waals surface area (Å²) >= 11 is 0. The third-order valence-corrected chi connectivity index (χ3v) is 3.69. The van der Waals surface area contributed by atoms with Gasteiger partial charge in [0.15, 0.2) is 0 Å². The third-order valence-electron chi connectivity index (χ3n) is 3.69. The highest BCUT2D eigenvalue weighted by Crippen LogP contribution is 2.18. The minimum Gasteiger partial charge on any atom is -0.394 e. The molecule has 0 aliphatic rings. The Hall–Kier alpha value is -2.60. The van der Waals surface area contributed by atoms with E-state index in [0.717, 1.165) is 17.8 Å². The zero-order valence-electron chi connectivity index (χ0n) is 13.1. The van der Waals surface area contributed by atoms with Crippen LogP contribution < -0.4 is 5.32 Å². The second kappa shape index (κ2) is 7.11. The summed E-state index contributed by atoms with van der Waals surface area (Å²) in [4.78, 5) is 0. The number of hydrogen-bond acceptors (Lipinski definition) is 4. The minimum absolute atomic E-state index is 0.0862. The predicted molar refractivity (Wildman–Crippen MR) is 89.1 cm³/mol. The van der Waals surface area contributed by atoms with E-state index < -0.39 is 0 Å². The molecule has 2 N–H and O–H groups in total. The Morgan fingerprint density at radius 2 is 1.87 bits per heavy atom. The van der Waals surface area contributed by atoms with Crippen LogP contribution >= 0.6 is 0 Å². The molecule has 0 bridgehead atoms. The van der Waals surface area contributed by atoms with Gasteiger partial charge in [0.2, 0.25) is 0 Å². The fraction of sp³-hybridized carbons (Fsp3) is 0.294. The molecule has 0 radical (unpaired) electrons. The fourth-order valence-corrected chi connectivity index (χ4v) is 2.46. The summed E-state index contributed by atoms with van der Waals surface area (Å²) < 4.78 is 3.66. The van der Waals surface area contributed by atoms with Crippen molar-refractivity contribution in [1.82, 2.24) is 19.6 Å². The molecule has 6 heteroatoms. The first-order chi connectivity index (χ1) is 11.2. The van der Waals surface area contributed by atoms with E-state index in [1.807, 2.05) is 35.3 Å². The Kier molecular flexibility index (Phi) is 4.73. The average molecular weight is 311 g/mol. The molecule has 120 valence electrons. The molecule has 3 rings (SSSR count). The lowest BCUT2D eigenvalue weighted by atomic mass is 10.2. The molecule has 23 heavy (non-hydrogen) atoms. The van der Waals surface area contributed by atoms with Crippen molar-refractivity contribution in [1.29, 1.82) is 0 Å². The van der Waals surface area contributed by atoms with Gasteiger partial charge in [0, 0.05) is 18.0 Å². The third kappa shape index (κ3) is 3.98. The fourth-order valence-electron chi connectivity index (χ4n) is 2.46. The number of benzene rings is 1. The second-order valence-corrected chi connectivity index (χ2v) is 5.54. The summed E-state index contributed by atoms with van der Waals surface area (Å²) in [5, 5.41) is 20.9. The molecule has 2 heterocycles. The summed E-state index contributed by atoms with van der Waals surface area (Å²) in [7, 11) is 0. The van der Waals surface area contributed by atoms with Gasteiger partial charge in [0.25, 0.3) is 0 Å². The lowest BCUT2D eigenvalue weighted by Gasteiger charge is -2.11. The number of aromatic nitrogens is 4. The van der Waals surface area contributed by atoms with Crippen molar-refractivity contribution in [3.8, 4) is 0 Å². The van der Waals surface area contributed by atoms with Crippen molar-refractivity contribution >= 4 is 5.69 Å². The number of aliphatic hydroxyl groups is 1. The van der Waals surface area contributed by atoms with E-state index >= 15 is 0 Å². The van der Waals surface area contributed by atoms with Crippen LogP contribution in [-0.4, -0.2) is 31.3 Å². The van der Waals surface area contributed by atoms with E-state index in [-0.39, 0.29) is 12.6 Å². The zero-order valence-corrected chi connectivity index (χ0v) is 13.1. The van der Waals surface area contributed by atoms with Gasteiger partial charge in [0.1, 0.15) is 0 Å². The number of rotatable bonds is 7. The molecule has 0 saturated heterocycles.